The standard InChI is InChI=1S/C18H16N2OS/c1-13-17(15-7-3-2-4-8-15)16(12-22-13)18(21)20-11-14-6-5-9-19-10-14/h2-10,12H,11H2,1H3,(H,20,21). The fraction of sp³-hybridized carbons (Fsp3) is 0.111. The predicted octanol–water partition coefficient (Wildman–Crippen LogP) is 4.05. The van der Waals surface area contributed by atoms with Gasteiger partial charge in [-0.3, -0.25) is 9.78 Å². The minimum atomic E-state index is -0.0490. The molecule has 0 unspecified atom stereocenters. The van der Waals surface area contributed by atoms with E-state index in [1.807, 2.05) is 54.8 Å². The second kappa shape index (κ2) is 6.54. The average Bonchev–Trinajstić information content (AvgIpc) is 2.96. The molecule has 0 fully saturated rings. The van der Waals surface area contributed by atoms with Crippen LogP contribution in [-0.4, -0.2) is 10.9 Å². The molecule has 0 aliphatic carbocycles. The smallest absolute Gasteiger partial charge is 0.253 e. The lowest BCUT2D eigenvalue weighted by molar-refractivity contribution is 0.0952. The van der Waals surface area contributed by atoms with Crippen molar-refractivity contribution in [3.8, 4) is 11.1 Å². The number of nitrogens with one attached hydrogen (secondary N) is 1. The molecule has 22 heavy (non-hydrogen) atoms. The maximum absolute atomic E-state index is 12.5. The molecule has 0 atom stereocenters. The Morgan fingerprint density at radius 3 is 2.73 bits per heavy atom. The second-order valence-corrected chi connectivity index (χ2v) is 6.07. The van der Waals surface area contributed by atoms with Gasteiger partial charge in [-0.05, 0) is 24.1 Å². The van der Waals surface area contributed by atoms with Gasteiger partial charge in [0.1, 0.15) is 0 Å². The maximum atomic E-state index is 12.5. The molecule has 1 amide bonds. The van der Waals surface area contributed by atoms with Crippen molar-refractivity contribution in [2.75, 3.05) is 0 Å². The van der Waals surface area contributed by atoms with E-state index in [2.05, 4.69) is 10.3 Å². The first-order valence-corrected chi connectivity index (χ1v) is 7.94. The van der Waals surface area contributed by atoms with Gasteiger partial charge in [0.25, 0.3) is 5.91 Å². The number of aryl methyl sites for hydroxylation is 1. The van der Waals surface area contributed by atoms with Crippen LogP contribution in [0.2, 0.25) is 0 Å². The second-order valence-electron chi connectivity index (χ2n) is 4.99. The number of hydrogen-bond acceptors (Lipinski definition) is 3. The van der Waals surface area contributed by atoms with Gasteiger partial charge in [0, 0.05) is 34.8 Å². The predicted molar refractivity (Wildman–Crippen MR) is 89.9 cm³/mol. The number of hydrogen-bond donors (Lipinski definition) is 1. The Hall–Kier alpha value is -2.46. The summed E-state index contributed by atoms with van der Waals surface area (Å²) in [5.41, 5.74) is 3.82. The largest absolute Gasteiger partial charge is 0.348 e. The summed E-state index contributed by atoms with van der Waals surface area (Å²) in [7, 11) is 0. The molecule has 3 aromatic rings. The third-order valence-electron chi connectivity index (χ3n) is 3.46. The van der Waals surface area contributed by atoms with E-state index in [9.17, 15) is 4.79 Å². The summed E-state index contributed by atoms with van der Waals surface area (Å²) in [5.74, 6) is -0.0490. The molecule has 2 aromatic heterocycles. The van der Waals surface area contributed by atoms with Gasteiger partial charge >= 0.3 is 0 Å². The normalized spacial score (nSPS) is 10.4. The van der Waals surface area contributed by atoms with Gasteiger partial charge in [-0.2, -0.15) is 0 Å². The van der Waals surface area contributed by atoms with Gasteiger partial charge in [0.05, 0.1) is 5.56 Å². The van der Waals surface area contributed by atoms with Crippen LogP contribution >= 0.6 is 11.3 Å². The van der Waals surface area contributed by atoms with Gasteiger partial charge in [-0.15, -0.1) is 11.3 Å². The lowest BCUT2D eigenvalue weighted by Gasteiger charge is -2.07. The molecular formula is C18H16N2OS. The molecule has 0 spiro atoms. The Morgan fingerprint density at radius 2 is 2.00 bits per heavy atom. The highest BCUT2D eigenvalue weighted by atomic mass is 32.1. The lowest BCUT2D eigenvalue weighted by atomic mass is 10.0. The highest BCUT2D eigenvalue weighted by molar-refractivity contribution is 7.10. The van der Waals surface area contributed by atoms with Crippen LogP contribution in [0.3, 0.4) is 0 Å². The molecule has 0 aliphatic rings. The monoisotopic (exact) mass is 308 g/mol. The van der Waals surface area contributed by atoms with E-state index in [1.165, 1.54) is 0 Å². The van der Waals surface area contributed by atoms with Gasteiger partial charge in [0.15, 0.2) is 0 Å². The van der Waals surface area contributed by atoms with Crippen LogP contribution < -0.4 is 5.32 Å². The van der Waals surface area contributed by atoms with Gasteiger partial charge < -0.3 is 5.32 Å². The molecule has 4 heteroatoms. The summed E-state index contributed by atoms with van der Waals surface area (Å²) >= 11 is 1.60. The number of carbonyl (C=O) groups is 1. The molecular weight excluding hydrogens is 292 g/mol. The number of amides is 1. The molecule has 0 saturated carbocycles. The number of nitrogens with zero attached hydrogens (tertiary/aromatic N) is 1. The van der Waals surface area contributed by atoms with Crippen molar-refractivity contribution in [3.05, 3.63) is 76.2 Å². The van der Waals surface area contributed by atoms with Crippen molar-refractivity contribution in [2.24, 2.45) is 0 Å². The fourth-order valence-corrected chi connectivity index (χ4v) is 3.23. The Kier molecular flexibility index (Phi) is 4.30. The van der Waals surface area contributed by atoms with Gasteiger partial charge in [0.2, 0.25) is 0 Å². The Bertz CT molecular complexity index is 766. The summed E-state index contributed by atoms with van der Waals surface area (Å²) < 4.78 is 0. The van der Waals surface area contributed by atoms with E-state index < -0.39 is 0 Å². The van der Waals surface area contributed by atoms with Crippen LogP contribution in [0, 0.1) is 6.92 Å². The number of rotatable bonds is 4. The first kappa shape index (κ1) is 14.5. The molecule has 1 N–H and O–H groups in total. The summed E-state index contributed by atoms with van der Waals surface area (Å²) in [6.45, 7) is 2.53. The van der Waals surface area contributed by atoms with E-state index in [0.717, 1.165) is 27.1 Å². The quantitative estimate of drug-likeness (QED) is 0.790. The van der Waals surface area contributed by atoms with Crippen molar-refractivity contribution in [2.45, 2.75) is 13.5 Å². The SMILES string of the molecule is Cc1scc(C(=O)NCc2cccnc2)c1-c1ccccc1. The maximum Gasteiger partial charge on any atom is 0.253 e. The van der Waals surface area contributed by atoms with Crippen molar-refractivity contribution < 1.29 is 4.79 Å². The average molecular weight is 308 g/mol. The summed E-state index contributed by atoms with van der Waals surface area (Å²) in [4.78, 5) is 17.7. The lowest BCUT2D eigenvalue weighted by Crippen LogP contribution is -2.22. The number of benzene rings is 1. The third kappa shape index (κ3) is 3.07. The summed E-state index contributed by atoms with van der Waals surface area (Å²) in [6.07, 6.45) is 3.48. The zero-order chi connectivity index (χ0) is 15.4. The van der Waals surface area contributed by atoms with Crippen molar-refractivity contribution in [1.82, 2.24) is 10.3 Å². The van der Waals surface area contributed by atoms with Crippen LogP contribution in [0.25, 0.3) is 11.1 Å². The molecule has 3 rings (SSSR count). The van der Waals surface area contributed by atoms with E-state index in [4.69, 9.17) is 0 Å². The minimum Gasteiger partial charge on any atom is -0.348 e. The van der Waals surface area contributed by atoms with Crippen molar-refractivity contribution in [3.63, 3.8) is 0 Å². The van der Waals surface area contributed by atoms with Crippen LogP contribution in [0.1, 0.15) is 20.8 Å². The molecule has 0 saturated heterocycles. The van der Waals surface area contributed by atoms with Crippen LogP contribution in [-0.2, 0) is 6.54 Å². The van der Waals surface area contributed by atoms with E-state index in [-0.39, 0.29) is 5.91 Å². The topological polar surface area (TPSA) is 42.0 Å². The minimum absolute atomic E-state index is 0.0490. The number of thiophene rings is 1. The number of carbonyl (C=O) groups excluding carboxylic acids is 1. The van der Waals surface area contributed by atoms with Crippen LogP contribution in [0.15, 0.2) is 60.2 Å². The zero-order valence-corrected chi connectivity index (χ0v) is 13.1. The molecule has 1 aromatic carbocycles. The van der Waals surface area contributed by atoms with Gasteiger partial charge in [-0.1, -0.05) is 36.4 Å². The third-order valence-corrected chi connectivity index (χ3v) is 4.37. The van der Waals surface area contributed by atoms with Crippen molar-refractivity contribution >= 4 is 17.2 Å². The molecule has 0 radical (unpaired) electrons. The molecule has 0 aliphatic heterocycles. The van der Waals surface area contributed by atoms with Gasteiger partial charge in [-0.25, -0.2) is 0 Å². The summed E-state index contributed by atoms with van der Waals surface area (Å²) in [5, 5.41) is 4.89. The Morgan fingerprint density at radius 1 is 1.18 bits per heavy atom. The van der Waals surface area contributed by atoms with E-state index in [1.54, 1.807) is 23.7 Å². The van der Waals surface area contributed by atoms with E-state index in [0.29, 0.717) is 6.54 Å². The molecule has 3 nitrogen and oxygen atoms in total. The fourth-order valence-electron chi connectivity index (χ4n) is 2.37. The number of pyridine rings is 1. The highest BCUT2D eigenvalue weighted by Gasteiger charge is 2.16. The first-order chi connectivity index (χ1) is 10.8. The van der Waals surface area contributed by atoms with Crippen LogP contribution in [0.4, 0.5) is 0 Å². The Balaban J connectivity index is 1.82. The van der Waals surface area contributed by atoms with Crippen molar-refractivity contribution in [1.29, 1.82) is 0 Å². The highest BCUT2D eigenvalue weighted by Crippen LogP contribution is 2.32. The van der Waals surface area contributed by atoms with Crippen LogP contribution in [0.5, 0.6) is 0 Å². The molecule has 2 heterocycles. The number of aromatic nitrogens is 1. The molecule has 0 bridgehead atoms. The molecule has 110 valence electrons. The first-order valence-electron chi connectivity index (χ1n) is 7.06. The zero-order valence-electron chi connectivity index (χ0n) is 12.2. The Labute approximate surface area is 133 Å². The summed E-state index contributed by atoms with van der Waals surface area (Å²) in [6, 6.07) is 13.8. The van der Waals surface area contributed by atoms with E-state index >= 15 is 0 Å².